The van der Waals surface area contributed by atoms with E-state index in [1.165, 1.54) is 11.3 Å². The lowest BCUT2D eigenvalue weighted by atomic mass is 10.2. The molecule has 1 amide bonds. The summed E-state index contributed by atoms with van der Waals surface area (Å²) in [7, 11) is 0. The van der Waals surface area contributed by atoms with Crippen molar-refractivity contribution in [2.75, 3.05) is 5.32 Å². The van der Waals surface area contributed by atoms with Crippen LogP contribution in [0.4, 0.5) is 5.69 Å². The van der Waals surface area contributed by atoms with Gasteiger partial charge >= 0.3 is 0 Å². The first-order valence-electron chi connectivity index (χ1n) is 5.33. The van der Waals surface area contributed by atoms with Gasteiger partial charge in [-0.15, -0.1) is 11.3 Å². The number of rotatable bonds is 2. The number of aromatic amines is 1. The number of nitrogens with one attached hydrogen (secondary N) is 2. The predicted molar refractivity (Wildman–Crippen MR) is 83.8 cm³/mol. The molecule has 2 N–H and O–H groups in total. The summed E-state index contributed by atoms with van der Waals surface area (Å²) in [6.07, 6.45) is 1.73. The Labute approximate surface area is 129 Å². The van der Waals surface area contributed by atoms with E-state index in [1.54, 1.807) is 12.3 Å². The Bertz CT molecular complexity index is 746. The van der Waals surface area contributed by atoms with E-state index in [2.05, 4.69) is 47.4 Å². The molecule has 3 rings (SSSR count). The fourth-order valence-electron chi connectivity index (χ4n) is 1.67. The Morgan fingerprint density at radius 2 is 2.16 bits per heavy atom. The van der Waals surface area contributed by atoms with E-state index in [1.807, 2.05) is 18.2 Å². The van der Waals surface area contributed by atoms with Crippen LogP contribution in [0.3, 0.4) is 0 Å². The first kappa shape index (κ1) is 12.8. The van der Waals surface area contributed by atoms with Crippen LogP contribution in [0.25, 0.3) is 10.9 Å². The van der Waals surface area contributed by atoms with Crippen LogP contribution in [-0.2, 0) is 0 Å². The lowest BCUT2D eigenvalue weighted by molar-refractivity contribution is 0.103. The summed E-state index contributed by atoms with van der Waals surface area (Å²) >= 11 is 8.13. The van der Waals surface area contributed by atoms with Gasteiger partial charge < -0.3 is 5.32 Å². The molecule has 0 saturated heterocycles. The molecule has 0 fully saturated rings. The average Bonchev–Trinajstić information content (AvgIpc) is 2.96. The van der Waals surface area contributed by atoms with E-state index in [9.17, 15) is 4.79 Å². The maximum atomic E-state index is 12.1. The Morgan fingerprint density at radius 1 is 1.32 bits per heavy atom. The third-order valence-electron chi connectivity index (χ3n) is 2.57. The normalized spacial score (nSPS) is 10.8. The summed E-state index contributed by atoms with van der Waals surface area (Å²) in [6, 6.07) is 7.41. The van der Waals surface area contributed by atoms with Gasteiger partial charge in [-0.25, -0.2) is 0 Å². The number of carbonyl (C=O) groups is 1. The van der Waals surface area contributed by atoms with Crippen molar-refractivity contribution < 1.29 is 4.79 Å². The number of halogens is 2. The van der Waals surface area contributed by atoms with Crippen LogP contribution in [0.1, 0.15) is 9.67 Å². The SMILES string of the molecule is O=C(Nc1ccc2[nH]ncc2c1)c1cc(Br)c(Br)s1. The highest BCUT2D eigenvalue weighted by Crippen LogP contribution is 2.32. The number of amides is 1. The maximum Gasteiger partial charge on any atom is 0.265 e. The first-order chi connectivity index (χ1) is 9.13. The van der Waals surface area contributed by atoms with E-state index in [-0.39, 0.29) is 5.91 Å². The topological polar surface area (TPSA) is 57.8 Å². The molecular weight excluding hydrogens is 394 g/mol. The number of H-pyrrole nitrogens is 1. The highest BCUT2D eigenvalue weighted by molar-refractivity contribution is 9.13. The summed E-state index contributed by atoms with van der Waals surface area (Å²) in [5.41, 5.74) is 1.69. The fourth-order valence-corrected chi connectivity index (χ4v) is 3.60. The van der Waals surface area contributed by atoms with Crippen molar-refractivity contribution in [2.24, 2.45) is 0 Å². The highest BCUT2D eigenvalue weighted by atomic mass is 79.9. The molecule has 0 saturated carbocycles. The Balaban J connectivity index is 1.85. The van der Waals surface area contributed by atoms with Crippen molar-refractivity contribution in [2.45, 2.75) is 0 Å². The minimum absolute atomic E-state index is 0.126. The summed E-state index contributed by atoms with van der Waals surface area (Å²) in [5.74, 6) is -0.126. The largest absolute Gasteiger partial charge is 0.321 e. The molecule has 4 nitrogen and oxygen atoms in total. The van der Waals surface area contributed by atoms with Crippen molar-refractivity contribution in [3.05, 3.63) is 43.6 Å². The minimum atomic E-state index is -0.126. The summed E-state index contributed by atoms with van der Waals surface area (Å²) < 4.78 is 1.79. The fraction of sp³-hybridized carbons (Fsp3) is 0. The molecule has 3 aromatic rings. The molecule has 2 aromatic heterocycles. The molecule has 7 heteroatoms. The molecule has 0 aliphatic carbocycles. The molecule has 0 unspecified atom stereocenters. The Hall–Kier alpha value is -1.18. The second-order valence-corrected chi connectivity index (χ2v) is 7.08. The van der Waals surface area contributed by atoms with E-state index in [4.69, 9.17) is 0 Å². The van der Waals surface area contributed by atoms with E-state index in [0.717, 1.165) is 24.8 Å². The first-order valence-corrected chi connectivity index (χ1v) is 7.73. The molecular formula is C12H7Br2N3OS. The van der Waals surface area contributed by atoms with Gasteiger partial charge in [-0.05, 0) is 56.1 Å². The van der Waals surface area contributed by atoms with Crippen molar-refractivity contribution in [1.29, 1.82) is 0 Å². The molecule has 0 spiro atoms. The lowest BCUT2D eigenvalue weighted by Gasteiger charge is -2.03. The second-order valence-electron chi connectivity index (χ2n) is 3.86. The minimum Gasteiger partial charge on any atom is -0.321 e. The van der Waals surface area contributed by atoms with Crippen LogP contribution in [0.15, 0.2) is 38.7 Å². The number of fused-ring (bicyclic) bond motifs is 1. The standard InChI is InChI=1S/C12H7Br2N3OS/c13-8-4-10(19-11(8)14)12(18)16-7-1-2-9-6(3-7)5-15-17-9/h1-5H,(H,15,17)(H,16,18). The van der Waals surface area contributed by atoms with Crippen molar-refractivity contribution in [1.82, 2.24) is 10.2 Å². The molecule has 0 radical (unpaired) electrons. The average molecular weight is 401 g/mol. The van der Waals surface area contributed by atoms with Crippen LogP contribution in [0, 0.1) is 0 Å². The van der Waals surface area contributed by atoms with E-state index < -0.39 is 0 Å². The Kier molecular flexibility index (Phi) is 3.42. The van der Waals surface area contributed by atoms with Gasteiger partial charge in [-0.3, -0.25) is 9.89 Å². The quantitative estimate of drug-likeness (QED) is 0.669. The summed E-state index contributed by atoms with van der Waals surface area (Å²) in [6.45, 7) is 0. The van der Waals surface area contributed by atoms with Crippen molar-refractivity contribution >= 4 is 65.7 Å². The van der Waals surface area contributed by atoms with Gasteiger partial charge in [0.05, 0.1) is 20.4 Å². The molecule has 0 aliphatic rings. The third kappa shape index (κ3) is 2.58. The van der Waals surface area contributed by atoms with Crippen molar-refractivity contribution in [3.8, 4) is 0 Å². The number of hydrogen-bond donors (Lipinski definition) is 2. The van der Waals surface area contributed by atoms with Crippen LogP contribution in [0.5, 0.6) is 0 Å². The van der Waals surface area contributed by atoms with E-state index >= 15 is 0 Å². The molecule has 2 heterocycles. The summed E-state index contributed by atoms with van der Waals surface area (Å²) in [4.78, 5) is 12.7. The predicted octanol–water partition coefficient (Wildman–Crippen LogP) is 4.40. The van der Waals surface area contributed by atoms with Gasteiger partial charge in [0.1, 0.15) is 0 Å². The number of anilines is 1. The maximum absolute atomic E-state index is 12.1. The number of nitrogens with zero attached hydrogens (tertiary/aromatic N) is 1. The van der Waals surface area contributed by atoms with Crippen LogP contribution < -0.4 is 5.32 Å². The zero-order valence-corrected chi connectivity index (χ0v) is 13.4. The molecule has 0 aliphatic heterocycles. The number of benzene rings is 1. The summed E-state index contributed by atoms with van der Waals surface area (Å²) in [5, 5.41) is 10.6. The second kappa shape index (κ2) is 5.07. The van der Waals surface area contributed by atoms with Crippen molar-refractivity contribution in [3.63, 3.8) is 0 Å². The molecule has 0 bridgehead atoms. The number of aromatic nitrogens is 2. The van der Waals surface area contributed by atoms with Gasteiger partial charge in [0.15, 0.2) is 0 Å². The Morgan fingerprint density at radius 3 is 2.89 bits per heavy atom. The number of carbonyl (C=O) groups excluding carboxylic acids is 1. The van der Waals surface area contributed by atoms with E-state index in [0.29, 0.717) is 4.88 Å². The molecule has 96 valence electrons. The molecule has 1 aromatic carbocycles. The van der Waals surface area contributed by atoms with Gasteiger partial charge in [0.2, 0.25) is 0 Å². The van der Waals surface area contributed by atoms with Crippen LogP contribution in [-0.4, -0.2) is 16.1 Å². The van der Waals surface area contributed by atoms with Gasteiger partial charge in [0, 0.05) is 15.5 Å². The van der Waals surface area contributed by atoms with Gasteiger partial charge in [0.25, 0.3) is 5.91 Å². The molecule has 19 heavy (non-hydrogen) atoms. The smallest absolute Gasteiger partial charge is 0.265 e. The zero-order valence-electron chi connectivity index (χ0n) is 9.41. The van der Waals surface area contributed by atoms with Gasteiger partial charge in [-0.1, -0.05) is 0 Å². The number of thiophene rings is 1. The van der Waals surface area contributed by atoms with Crippen LogP contribution >= 0.6 is 43.2 Å². The highest BCUT2D eigenvalue weighted by Gasteiger charge is 2.12. The lowest BCUT2D eigenvalue weighted by Crippen LogP contribution is -2.09. The number of hydrogen-bond acceptors (Lipinski definition) is 3. The van der Waals surface area contributed by atoms with Gasteiger partial charge in [-0.2, -0.15) is 5.10 Å². The monoisotopic (exact) mass is 399 g/mol. The van der Waals surface area contributed by atoms with Crippen LogP contribution in [0.2, 0.25) is 0 Å². The third-order valence-corrected chi connectivity index (χ3v) is 5.82. The zero-order chi connectivity index (χ0) is 13.4. The molecule has 0 atom stereocenters.